The van der Waals surface area contributed by atoms with Crippen molar-refractivity contribution in [2.75, 3.05) is 32.7 Å². The van der Waals surface area contributed by atoms with E-state index < -0.39 is 17.8 Å². The summed E-state index contributed by atoms with van der Waals surface area (Å²) >= 11 is 0. The lowest BCUT2D eigenvalue weighted by Gasteiger charge is -2.42. The van der Waals surface area contributed by atoms with E-state index in [-0.39, 0.29) is 41.3 Å². The van der Waals surface area contributed by atoms with E-state index in [0.717, 1.165) is 24.6 Å². The number of urea groups is 1. The lowest BCUT2D eigenvalue weighted by atomic mass is 9.97. The van der Waals surface area contributed by atoms with E-state index in [0.29, 0.717) is 64.0 Å². The fourth-order valence-corrected chi connectivity index (χ4v) is 6.44. The Labute approximate surface area is 230 Å². The van der Waals surface area contributed by atoms with Crippen LogP contribution in [0.1, 0.15) is 83.7 Å². The molecule has 3 saturated heterocycles. The van der Waals surface area contributed by atoms with Crippen LogP contribution in [0, 0.1) is 5.92 Å². The molecule has 4 heterocycles. The van der Waals surface area contributed by atoms with Gasteiger partial charge in [0.25, 0.3) is 5.91 Å². The Bertz CT molecular complexity index is 1310. The number of piperidine rings is 1. The van der Waals surface area contributed by atoms with Crippen LogP contribution in [0.15, 0.2) is 30.5 Å². The van der Waals surface area contributed by atoms with E-state index in [1.54, 1.807) is 27.0 Å². The molecule has 40 heavy (non-hydrogen) atoms. The van der Waals surface area contributed by atoms with Crippen molar-refractivity contribution in [3.8, 4) is 0 Å². The van der Waals surface area contributed by atoms with Crippen LogP contribution in [0.25, 0.3) is 0 Å². The standard InChI is InChI=1S/C28H33F3N6O3/c29-28(30,31)22-5-2-1-4-20(22)23-6-3-11-36(23)26(39)21-14-33-37(24(21)17-7-8-17)19-9-12-34(13-10-19)27(40)35-15-18(16-35)25(32)38/h1-2,4-5,14,17-19,23H,3,6-13,15-16H2,(H2,32,38). The molecule has 4 aliphatic rings. The summed E-state index contributed by atoms with van der Waals surface area (Å²) in [6, 6.07) is 4.83. The van der Waals surface area contributed by atoms with E-state index in [9.17, 15) is 27.6 Å². The largest absolute Gasteiger partial charge is 0.416 e. The molecule has 12 heteroatoms. The minimum Gasteiger partial charge on any atom is -0.369 e. The number of carbonyl (C=O) groups is 3. The van der Waals surface area contributed by atoms with Crippen LogP contribution >= 0.6 is 0 Å². The summed E-state index contributed by atoms with van der Waals surface area (Å²) in [6.07, 6.45) is 1.46. The summed E-state index contributed by atoms with van der Waals surface area (Å²) in [6.45, 7) is 2.19. The first-order valence-electron chi connectivity index (χ1n) is 14.0. The molecule has 1 unspecified atom stereocenters. The van der Waals surface area contributed by atoms with Gasteiger partial charge in [0.1, 0.15) is 0 Å². The SMILES string of the molecule is NC(=O)C1CN(C(=O)N2CCC(n3ncc(C(=O)N4CCCC4c4ccccc4C(F)(F)F)c3C3CC3)CC2)C1. The van der Waals surface area contributed by atoms with Crippen molar-refractivity contribution < 1.29 is 27.6 Å². The topological polar surface area (TPSA) is 105 Å². The molecule has 4 amide bonds. The number of benzene rings is 1. The van der Waals surface area contributed by atoms with Crippen LogP contribution in [-0.2, 0) is 11.0 Å². The van der Waals surface area contributed by atoms with Crippen molar-refractivity contribution in [1.82, 2.24) is 24.5 Å². The number of hydrogen-bond acceptors (Lipinski definition) is 4. The molecule has 0 bridgehead atoms. The number of carbonyl (C=O) groups excluding carboxylic acids is 3. The molecule has 4 fully saturated rings. The highest BCUT2D eigenvalue weighted by Gasteiger charge is 2.42. The monoisotopic (exact) mass is 558 g/mol. The summed E-state index contributed by atoms with van der Waals surface area (Å²) in [5, 5.41) is 4.63. The number of likely N-dealkylation sites (tertiary alicyclic amines) is 3. The molecule has 0 radical (unpaired) electrons. The quantitative estimate of drug-likeness (QED) is 0.601. The molecular formula is C28H33F3N6O3. The molecule has 1 atom stereocenters. The maximum atomic E-state index is 13.9. The number of aromatic nitrogens is 2. The van der Waals surface area contributed by atoms with Gasteiger partial charge < -0.3 is 20.4 Å². The zero-order valence-corrected chi connectivity index (χ0v) is 22.1. The van der Waals surface area contributed by atoms with Crippen LogP contribution in [0.5, 0.6) is 0 Å². The van der Waals surface area contributed by atoms with Gasteiger partial charge in [-0.05, 0) is 50.2 Å². The van der Waals surface area contributed by atoms with Gasteiger partial charge >= 0.3 is 12.2 Å². The zero-order valence-electron chi connectivity index (χ0n) is 22.1. The fraction of sp³-hybridized carbons (Fsp3) is 0.571. The molecule has 3 aliphatic heterocycles. The minimum atomic E-state index is -4.49. The average molecular weight is 559 g/mol. The van der Waals surface area contributed by atoms with Crippen molar-refractivity contribution in [2.24, 2.45) is 11.7 Å². The van der Waals surface area contributed by atoms with Gasteiger partial charge in [-0.1, -0.05) is 18.2 Å². The van der Waals surface area contributed by atoms with Gasteiger partial charge in [0.15, 0.2) is 0 Å². The molecule has 6 rings (SSSR count). The van der Waals surface area contributed by atoms with Gasteiger partial charge in [0, 0.05) is 38.6 Å². The highest BCUT2D eigenvalue weighted by Crippen LogP contribution is 2.45. The average Bonchev–Trinajstić information content (AvgIpc) is 3.44. The Morgan fingerprint density at radius 3 is 2.27 bits per heavy atom. The Kier molecular flexibility index (Phi) is 6.74. The summed E-state index contributed by atoms with van der Waals surface area (Å²) in [4.78, 5) is 43.0. The first kappa shape index (κ1) is 26.6. The number of rotatable bonds is 5. The van der Waals surface area contributed by atoms with Crippen molar-refractivity contribution in [1.29, 1.82) is 0 Å². The Morgan fingerprint density at radius 2 is 1.62 bits per heavy atom. The van der Waals surface area contributed by atoms with Crippen LogP contribution < -0.4 is 5.73 Å². The highest BCUT2D eigenvalue weighted by atomic mass is 19.4. The summed E-state index contributed by atoms with van der Waals surface area (Å²) < 4.78 is 43.3. The van der Waals surface area contributed by atoms with Gasteiger partial charge in [-0.25, -0.2) is 4.79 Å². The Hall–Kier alpha value is -3.57. The summed E-state index contributed by atoms with van der Waals surface area (Å²) in [5.74, 6) is -0.720. The number of alkyl halides is 3. The third kappa shape index (κ3) is 4.81. The molecule has 9 nitrogen and oxygen atoms in total. The number of nitrogens with zero attached hydrogens (tertiary/aromatic N) is 5. The second kappa shape index (κ2) is 10.1. The molecule has 2 N–H and O–H groups in total. The third-order valence-electron chi connectivity index (χ3n) is 8.80. The second-order valence-corrected chi connectivity index (χ2v) is 11.4. The summed E-state index contributed by atoms with van der Waals surface area (Å²) in [7, 11) is 0. The van der Waals surface area contributed by atoms with Crippen LogP contribution in [0.4, 0.5) is 18.0 Å². The molecule has 214 valence electrons. The highest BCUT2D eigenvalue weighted by molar-refractivity contribution is 5.96. The van der Waals surface area contributed by atoms with E-state index >= 15 is 0 Å². The predicted octanol–water partition coefficient (Wildman–Crippen LogP) is 3.93. The molecule has 1 aliphatic carbocycles. The van der Waals surface area contributed by atoms with Crippen LogP contribution in [0.3, 0.4) is 0 Å². The normalized spacial score (nSPS) is 22.5. The predicted molar refractivity (Wildman–Crippen MR) is 138 cm³/mol. The fourth-order valence-electron chi connectivity index (χ4n) is 6.44. The van der Waals surface area contributed by atoms with Crippen molar-refractivity contribution in [3.63, 3.8) is 0 Å². The molecule has 1 saturated carbocycles. The molecule has 2 aromatic rings. The lowest BCUT2D eigenvalue weighted by molar-refractivity contribution is -0.138. The number of primary amides is 1. The van der Waals surface area contributed by atoms with E-state index in [2.05, 4.69) is 5.10 Å². The lowest BCUT2D eigenvalue weighted by Crippen LogP contribution is -2.59. The third-order valence-corrected chi connectivity index (χ3v) is 8.80. The van der Waals surface area contributed by atoms with Crippen LogP contribution in [0.2, 0.25) is 0 Å². The molecular weight excluding hydrogens is 525 g/mol. The van der Waals surface area contributed by atoms with E-state index in [1.165, 1.54) is 12.1 Å². The smallest absolute Gasteiger partial charge is 0.369 e. The van der Waals surface area contributed by atoms with Gasteiger partial charge in [-0.3, -0.25) is 14.3 Å². The van der Waals surface area contributed by atoms with Crippen molar-refractivity contribution >= 4 is 17.8 Å². The van der Waals surface area contributed by atoms with Gasteiger partial charge in [0.2, 0.25) is 5.91 Å². The zero-order chi connectivity index (χ0) is 28.2. The minimum absolute atomic E-state index is 0.0243. The number of amides is 4. The van der Waals surface area contributed by atoms with Gasteiger partial charge in [0.05, 0.1) is 41.0 Å². The Morgan fingerprint density at radius 1 is 0.925 bits per heavy atom. The summed E-state index contributed by atoms with van der Waals surface area (Å²) in [5.41, 5.74) is 6.12. The second-order valence-electron chi connectivity index (χ2n) is 11.4. The molecule has 1 aromatic carbocycles. The van der Waals surface area contributed by atoms with E-state index in [4.69, 9.17) is 5.73 Å². The Balaban J connectivity index is 1.18. The number of hydrogen-bond donors (Lipinski definition) is 1. The van der Waals surface area contributed by atoms with Crippen molar-refractivity contribution in [3.05, 3.63) is 52.8 Å². The molecule has 1 aromatic heterocycles. The maximum absolute atomic E-state index is 13.9. The number of halogens is 3. The van der Waals surface area contributed by atoms with Crippen LogP contribution in [-0.4, -0.2) is 75.0 Å². The maximum Gasteiger partial charge on any atom is 0.416 e. The van der Waals surface area contributed by atoms with Gasteiger partial charge in [-0.15, -0.1) is 0 Å². The van der Waals surface area contributed by atoms with Gasteiger partial charge in [-0.2, -0.15) is 18.3 Å². The first-order valence-corrected chi connectivity index (χ1v) is 14.0. The molecule has 0 spiro atoms. The number of nitrogens with two attached hydrogens (primary N) is 1. The van der Waals surface area contributed by atoms with Crippen molar-refractivity contribution in [2.45, 2.75) is 62.7 Å². The first-order chi connectivity index (χ1) is 19.1. The van der Waals surface area contributed by atoms with E-state index in [1.807, 2.05) is 4.68 Å².